The van der Waals surface area contributed by atoms with Crippen LogP contribution in [0.4, 0.5) is 11.4 Å². The Morgan fingerprint density at radius 3 is 2.55 bits per heavy atom. The number of nitrogens with two attached hydrogens (primary N) is 2. The van der Waals surface area contributed by atoms with Gasteiger partial charge in [-0.15, -0.1) is 0 Å². The van der Waals surface area contributed by atoms with Crippen LogP contribution in [-0.4, -0.2) is 13.0 Å². The van der Waals surface area contributed by atoms with E-state index in [-0.39, 0.29) is 0 Å². The van der Waals surface area contributed by atoms with Crippen molar-refractivity contribution in [3.63, 3.8) is 0 Å². The van der Waals surface area contributed by atoms with E-state index >= 15 is 0 Å². The summed E-state index contributed by atoms with van der Waals surface area (Å²) in [6.45, 7) is 0.627. The highest BCUT2D eigenvalue weighted by Gasteiger charge is 2.10. The summed E-state index contributed by atoms with van der Waals surface area (Å²) in [5.74, 6) is -0.492. The standard InChI is InChI=1S/C15H16ClN3O/c1-19(9-11-4-2-3-5-13(11)17)14-7-6-10(15(18)20)8-12(14)16/h2-8H,9,17H2,1H3,(H2,18,20). The highest BCUT2D eigenvalue weighted by atomic mass is 35.5. The van der Waals surface area contributed by atoms with Crippen LogP contribution in [0.3, 0.4) is 0 Å². The number of para-hydroxylation sites is 1. The molecule has 104 valence electrons. The van der Waals surface area contributed by atoms with Crippen molar-refractivity contribution >= 4 is 28.9 Å². The van der Waals surface area contributed by atoms with Crippen molar-refractivity contribution in [3.8, 4) is 0 Å². The second kappa shape index (κ2) is 5.84. The minimum Gasteiger partial charge on any atom is -0.398 e. The first kappa shape index (κ1) is 14.2. The van der Waals surface area contributed by atoms with Crippen LogP contribution in [0, 0.1) is 0 Å². The van der Waals surface area contributed by atoms with E-state index in [1.165, 1.54) is 0 Å². The van der Waals surface area contributed by atoms with Crippen molar-refractivity contribution in [1.29, 1.82) is 0 Å². The first-order chi connectivity index (χ1) is 9.49. The van der Waals surface area contributed by atoms with Crippen LogP contribution in [0.25, 0.3) is 0 Å². The Hall–Kier alpha value is -2.20. The lowest BCUT2D eigenvalue weighted by Crippen LogP contribution is -2.18. The highest BCUT2D eigenvalue weighted by molar-refractivity contribution is 6.33. The molecule has 0 unspecified atom stereocenters. The lowest BCUT2D eigenvalue weighted by atomic mass is 10.1. The molecule has 4 nitrogen and oxygen atoms in total. The highest BCUT2D eigenvalue weighted by Crippen LogP contribution is 2.27. The first-order valence-corrected chi connectivity index (χ1v) is 6.50. The van der Waals surface area contributed by atoms with E-state index in [0.717, 1.165) is 16.9 Å². The van der Waals surface area contributed by atoms with Gasteiger partial charge in [0.2, 0.25) is 5.91 Å². The average Bonchev–Trinajstić information content (AvgIpc) is 2.41. The maximum Gasteiger partial charge on any atom is 0.248 e. The van der Waals surface area contributed by atoms with Crippen molar-refractivity contribution < 1.29 is 4.79 Å². The fourth-order valence-corrected chi connectivity index (χ4v) is 2.31. The number of nitrogen functional groups attached to an aromatic ring is 1. The molecule has 0 bridgehead atoms. The number of benzene rings is 2. The quantitative estimate of drug-likeness (QED) is 0.850. The van der Waals surface area contributed by atoms with Crippen molar-refractivity contribution in [2.75, 3.05) is 17.7 Å². The van der Waals surface area contributed by atoms with Crippen molar-refractivity contribution in [3.05, 3.63) is 58.6 Å². The zero-order chi connectivity index (χ0) is 14.7. The third kappa shape index (κ3) is 3.03. The van der Waals surface area contributed by atoms with Crippen LogP contribution in [0.2, 0.25) is 5.02 Å². The Morgan fingerprint density at radius 1 is 1.25 bits per heavy atom. The summed E-state index contributed by atoms with van der Waals surface area (Å²) in [6, 6.07) is 12.7. The molecule has 0 atom stereocenters. The van der Waals surface area contributed by atoms with E-state index in [1.54, 1.807) is 18.2 Å². The summed E-state index contributed by atoms with van der Waals surface area (Å²) in [5, 5.41) is 0.485. The number of carbonyl (C=O) groups is 1. The number of rotatable bonds is 4. The number of hydrogen-bond donors (Lipinski definition) is 2. The SMILES string of the molecule is CN(Cc1ccccc1N)c1ccc(C(N)=O)cc1Cl. The third-order valence-electron chi connectivity index (χ3n) is 3.11. The number of carbonyl (C=O) groups excluding carboxylic acids is 1. The minimum absolute atomic E-state index is 0.395. The maximum atomic E-state index is 11.1. The molecule has 2 rings (SSSR count). The van der Waals surface area contributed by atoms with Crippen LogP contribution in [0.5, 0.6) is 0 Å². The zero-order valence-electron chi connectivity index (χ0n) is 11.1. The predicted octanol–water partition coefficient (Wildman–Crippen LogP) is 2.66. The number of nitrogens with zero attached hydrogens (tertiary/aromatic N) is 1. The summed E-state index contributed by atoms with van der Waals surface area (Å²) in [5.41, 5.74) is 14.1. The lowest BCUT2D eigenvalue weighted by molar-refractivity contribution is 0.100. The van der Waals surface area contributed by atoms with E-state index in [9.17, 15) is 4.79 Å². The largest absolute Gasteiger partial charge is 0.398 e. The lowest BCUT2D eigenvalue weighted by Gasteiger charge is -2.21. The Morgan fingerprint density at radius 2 is 1.95 bits per heavy atom. The van der Waals surface area contributed by atoms with Gasteiger partial charge in [-0.1, -0.05) is 29.8 Å². The monoisotopic (exact) mass is 289 g/mol. The molecule has 2 aromatic carbocycles. The van der Waals surface area contributed by atoms with Crippen LogP contribution in [0.15, 0.2) is 42.5 Å². The molecule has 0 aliphatic rings. The fraction of sp³-hybridized carbons (Fsp3) is 0.133. The molecule has 0 radical (unpaired) electrons. The van der Waals surface area contributed by atoms with Gasteiger partial charge in [-0.25, -0.2) is 0 Å². The molecule has 0 spiro atoms. The molecule has 2 aromatic rings. The third-order valence-corrected chi connectivity index (χ3v) is 3.41. The van der Waals surface area contributed by atoms with E-state index in [0.29, 0.717) is 17.1 Å². The number of anilines is 2. The van der Waals surface area contributed by atoms with Crippen LogP contribution >= 0.6 is 11.6 Å². The molecule has 0 fully saturated rings. The Labute approximate surface area is 122 Å². The molecule has 5 heteroatoms. The second-order valence-electron chi connectivity index (χ2n) is 4.59. The summed E-state index contributed by atoms with van der Waals surface area (Å²) < 4.78 is 0. The van der Waals surface area contributed by atoms with Crippen LogP contribution in [0.1, 0.15) is 15.9 Å². The van der Waals surface area contributed by atoms with Crippen LogP contribution < -0.4 is 16.4 Å². The zero-order valence-corrected chi connectivity index (χ0v) is 11.9. The fourth-order valence-electron chi connectivity index (χ4n) is 1.99. The van der Waals surface area contributed by atoms with Gasteiger partial charge in [-0.3, -0.25) is 4.79 Å². The molecule has 0 heterocycles. The average molecular weight is 290 g/mol. The van der Waals surface area contributed by atoms with Crippen LogP contribution in [-0.2, 0) is 6.54 Å². The number of halogens is 1. The smallest absolute Gasteiger partial charge is 0.248 e. The van der Waals surface area contributed by atoms with Gasteiger partial charge >= 0.3 is 0 Å². The normalized spacial score (nSPS) is 10.3. The first-order valence-electron chi connectivity index (χ1n) is 6.13. The van der Waals surface area contributed by atoms with Crippen molar-refractivity contribution in [2.45, 2.75) is 6.54 Å². The summed E-state index contributed by atoms with van der Waals surface area (Å²) in [7, 11) is 1.91. The number of primary amides is 1. The van der Waals surface area contributed by atoms with Crippen molar-refractivity contribution in [1.82, 2.24) is 0 Å². The van der Waals surface area contributed by atoms with Gasteiger partial charge < -0.3 is 16.4 Å². The molecule has 0 saturated heterocycles. The Balaban J connectivity index is 2.23. The van der Waals surface area contributed by atoms with Gasteiger partial charge in [-0.05, 0) is 29.8 Å². The summed E-state index contributed by atoms with van der Waals surface area (Å²) >= 11 is 6.19. The predicted molar refractivity (Wildman–Crippen MR) is 82.9 cm³/mol. The summed E-state index contributed by atoms with van der Waals surface area (Å²) in [6.07, 6.45) is 0. The van der Waals surface area contributed by atoms with Gasteiger partial charge in [0.1, 0.15) is 0 Å². The molecule has 0 aliphatic heterocycles. The van der Waals surface area contributed by atoms with E-state index in [2.05, 4.69) is 0 Å². The molecule has 0 aromatic heterocycles. The van der Waals surface area contributed by atoms with Gasteiger partial charge in [0.15, 0.2) is 0 Å². The molecular formula is C15H16ClN3O. The van der Waals surface area contributed by atoms with E-state index in [1.807, 2.05) is 36.2 Å². The Bertz CT molecular complexity index is 643. The topological polar surface area (TPSA) is 72.3 Å². The van der Waals surface area contributed by atoms with Crippen molar-refractivity contribution in [2.24, 2.45) is 5.73 Å². The van der Waals surface area contributed by atoms with Gasteiger partial charge in [-0.2, -0.15) is 0 Å². The summed E-state index contributed by atoms with van der Waals surface area (Å²) in [4.78, 5) is 13.1. The van der Waals surface area contributed by atoms with E-state index in [4.69, 9.17) is 23.1 Å². The molecule has 1 amide bonds. The molecule has 0 aliphatic carbocycles. The minimum atomic E-state index is -0.492. The van der Waals surface area contributed by atoms with Gasteiger partial charge in [0.25, 0.3) is 0 Å². The van der Waals surface area contributed by atoms with Gasteiger partial charge in [0.05, 0.1) is 10.7 Å². The molecular weight excluding hydrogens is 274 g/mol. The van der Waals surface area contributed by atoms with E-state index < -0.39 is 5.91 Å². The molecule has 0 saturated carbocycles. The molecule has 20 heavy (non-hydrogen) atoms. The maximum absolute atomic E-state index is 11.1. The second-order valence-corrected chi connectivity index (χ2v) is 4.99. The van der Waals surface area contributed by atoms with Gasteiger partial charge in [0, 0.05) is 24.8 Å². The number of amides is 1. The number of hydrogen-bond acceptors (Lipinski definition) is 3. The Kier molecular flexibility index (Phi) is 4.15. The molecule has 4 N–H and O–H groups in total.